The van der Waals surface area contributed by atoms with Crippen LogP contribution in [0.25, 0.3) is 0 Å². The molecule has 0 unspecified atom stereocenters. The van der Waals surface area contributed by atoms with Gasteiger partial charge in [-0.2, -0.15) is 5.26 Å². The minimum Gasteiger partial charge on any atom is -0.310 e. The Labute approximate surface area is 121 Å². The maximum Gasteiger partial charge on any atom is 0.261 e. The topological polar surface area (TPSA) is 44.1 Å². The third-order valence-corrected chi connectivity index (χ3v) is 3.17. The highest BCUT2D eigenvalue weighted by atomic mass is 19.1. The average Bonchev–Trinajstić information content (AvgIpc) is 2.49. The molecule has 0 aliphatic carbocycles. The Balaban J connectivity index is 2.45. The van der Waals surface area contributed by atoms with Gasteiger partial charge in [0, 0.05) is 13.1 Å². The molecule has 0 aromatic heterocycles. The van der Waals surface area contributed by atoms with E-state index in [4.69, 9.17) is 5.26 Å². The van der Waals surface area contributed by atoms with Gasteiger partial charge in [0.15, 0.2) is 0 Å². The van der Waals surface area contributed by atoms with Crippen molar-refractivity contribution in [2.45, 2.75) is 6.92 Å². The number of rotatable bonds is 2. The molecule has 0 saturated carbocycles. The molecule has 0 saturated heterocycles. The summed E-state index contributed by atoms with van der Waals surface area (Å²) in [5, 5.41) is 9.04. The molecule has 2 aromatic carbocycles. The normalized spacial score (nSPS) is 10.0. The van der Waals surface area contributed by atoms with E-state index in [1.54, 1.807) is 24.3 Å². The van der Waals surface area contributed by atoms with Crippen molar-refractivity contribution in [2.24, 2.45) is 0 Å². The quantitative estimate of drug-likeness (QED) is 0.849. The van der Waals surface area contributed by atoms with Crippen LogP contribution in [-0.4, -0.2) is 13.0 Å². The summed E-state index contributed by atoms with van der Waals surface area (Å²) >= 11 is 0. The van der Waals surface area contributed by atoms with Gasteiger partial charge >= 0.3 is 0 Å². The maximum absolute atomic E-state index is 13.8. The van der Waals surface area contributed by atoms with Crippen LogP contribution in [0.15, 0.2) is 36.4 Å². The molecule has 0 radical (unpaired) electrons. The number of hydrogen-bond acceptors (Lipinski definition) is 2. The van der Waals surface area contributed by atoms with Crippen molar-refractivity contribution in [3.05, 3.63) is 64.7 Å². The van der Waals surface area contributed by atoms with Crippen molar-refractivity contribution < 1.29 is 13.6 Å². The van der Waals surface area contributed by atoms with Gasteiger partial charge in [0.2, 0.25) is 0 Å². The molecule has 0 aliphatic rings. The lowest BCUT2D eigenvalue weighted by Crippen LogP contribution is -2.28. The van der Waals surface area contributed by atoms with Gasteiger partial charge < -0.3 is 4.90 Å². The number of nitrogens with zero attached hydrogens (tertiary/aromatic N) is 2. The number of para-hydroxylation sites is 1. The summed E-state index contributed by atoms with van der Waals surface area (Å²) < 4.78 is 27.0. The van der Waals surface area contributed by atoms with Crippen LogP contribution in [0.5, 0.6) is 0 Å². The first-order chi connectivity index (χ1) is 9.95. The Bertz CT molecular complexity index is 750. The molecule has 5 heteroatoms. The Hall–Kier alpha value is -2.74. The van der Waals surface area contributed by atoms with Crippen molar-refractivity contribution in [3.63, 3.8) is 0 Å². The van der Waals surface area contributed by atoms with E-state index in [0.29, 0.717) is 17.3 Å². The zero-order valence-electron chi connectivity index (χ0n) is 11.5. The van der Waals surface area contributed by atoms with E-state index < -0.39 is 17.5 Å². The molecule has 3 nitrogen and oxygen atoms in total. The van der Waals surface area contributed by atoms with Gasteiger partial charge in [-0.15, -0.1) is 0 Å². The van der Waals surface area contributed by atoms with Crippen molar-refractivity contribution >= 4 is 11.6 Å². The van der Waals surface area contributed by atoms with E-state index in [-0.39, 0.29) is 11.1 Å². The second-order valence-corrected chi connectivity index (χ2v) is 4.57. The Kier molecular flexibility index (Phi) is 3.99. The molecule has 106 valence electrons. The fraction of sp³-hybridized carbons (Fsp3) is 0.125. The number of hydrogen-bond donors (Lipinski definition) is 0. The zero-order chi connectivity index (χ0) is 15.6. The van der Waals surface area contributed by atoms with Crippen molar-refractivity contribution in [3.8, 4) is 6.07 Å². The second-order valence-electron chi connectivity index (χ2n) is 4.57. The summed E-state index contributed by atoms with van der Waals surface area (Å²) in [5.41, 5.74) is 0.616. The van der Waals surface area contributed by atoms with E-state index in [1.807, 2.05) is 6.07 Å². The molecular weight excluding hydrogens is 274 g/mol. The average molecular weight is 286 g/mol. The van der Waals surface area contributed by atoms with Gasteiger partial charge in [-0.05, 0) is 30.7 Å². The molecule has 21 heavy (non-hydrogen) atoms. The van der Waals surface area contributed by atoms with Crippen LogP contribution in [0.2, 0.25) is 0 Å². The highest BCUT2D eigenvalue weighted by Gasteiger charge is 2.20. The summed E-state index contributed by atoms with van der Waals surface area (Å²) in [6, 6.07) is 10.3. The summed E-state index contributed by atoms with van der Waals surface area (Å²) in [5.74, 6) is -2.27. The largest absolute Gasteiger partial charge is 0.310 e. The predicted octanol–water partition coefficient (Wildman–Crippen LogP) is 3.42. The molecule has 0 bridgehead atoms. The minimum atomic E-state index is -0.926. The minimum absolute atomic E-state index is 0.182. The SMILES string of the molecule is Cc1cc(C(=O)N(C)c2ccccc2C#N)c(F)cc1F. The molecule has 0 aliphatic heterocycles. The van der Waals surface area contributed by atoms with Crippen LogP contribution in [-0.2, 0) is 0 Å². The van der Waals surface area contributed by atoms with Gasteiger partial charge in [-0.1, -0.05) is 12.1 Å². The van der Waals surface area contributed by atoms with E-state index in [2.05, 4.69) is 0 Å². The van der Waals surface area contributed by atoms with Crippen molar-refractivity contribution in [1.82, 2.24) is 0 Å². The number of carbonyl (C=O) groups is 1. The Morgan fingerprint density at radius 2 is 1.86 bits per heavy atom. The summed E-state index contributed by atoms with van der Waals surface area (Å²) in [7, 11) is 1.44. The van der Waals surface area contributed by atoms with E-state index in [1.165, 1.54) is 24.9 Å². The van der Waals surface area contributed by atoms with Crippen LogP contribution in [0.1, 0.15) is 21.5 Å². The number of halogens is 2. The monoisotopic (exact) mass is 286 g/mol. The number of carbonyl (C=O) groups excluding carboxylic acids is 1. The first-order valence-corrected chi connectivity index (χ1v) is 6.18. The number of nitriles is 1. The third-order valence-electron chi connectivity index (χ3n) is 3.17. The lowest BCUT2D eigenvalue weighted by Gasteiger charge is -2.19. The lowest BCUT2D eigenvalue weighted by atomic mass is 10.1. The van der Waals surface area contributed by atoms with Gasteiger partial charge in [0.05, 0.1) is 16.8 Å². The van der Waals surface area contributed by atoms with Gasteiger partial charge in [0.25, 0.3) is 5.91 Å². The summed E-state index contributed by atoms with van der Waals surface area (Å²) in [4.78, 5) is 13.5. The van der Waals surface area contributed by atoms with Gasteiger partial charge in [0.1, 0.15) is 17.7 Å². The fourth-order valence-electron chi connectivity index (χ4n) is 1.97. The van der Waals surface area contributed by atoms with E-state index in [9.17, 15) is 13.6 Å². The molecule has 0 fully saturated rings. The number of amides is 1. The number of anilines is 1. The zero-order valence-corrected chi connectivity index (χ0v) is 11.5. The van der Waals surface area contributed by atoms with Crippen LogP contribution in [0, 0.1) is 29.9 Å². The molecule has 0 spiro atoms. The second kappa shape index (κ2) is 5.71. The fourth-order valence-corrected chi connectivity index (χ4v) is 1.97. The first kappa shape index (κ1) is 14.7. The van der Waals surface area contributed by atoms with Gasteiger partial charge in [-0.3, -0.25) is 4.79 Å². The van der Waals surface area contributed by atoms with Crippen molar-refractivity contribution in [1.29, 1.82) is 5.26 Å². The molecule has 1 amide bonds. The maximum atomic E-state index is 13.8. The molecule has 2 rings (SSSR count). The first-order valence-electron chi connectivity index (χ1n) is 6.18. The molecule has 0 heterocycles. The van der Waals surface area contributed by atoms with Crippen LogP contribution in [0.3, 0.4) is 0 Å². The highest BCUT2D eigenvalue weighted by molar-refractivity contribution is 6.06. The van der Waals surface area contributed by atoms with E-state index in [0.717, 1.165) is 0 Å². The van der Waals surface area contributed by atoms with E-state index >= 15 is 0 Å². The number of aryl methyl sites for hydroxylation is 1. The van der Waals surface area contributed by atoms with Crippen LogP contribution >= 0.6 is 0 Å². The van der Waals surface area contributed by atoms with Crippen molar-refractivity contribution in [2.75, 3.05) is 11.9 Å². The van der Waals surface area contributed by atoms with Crippen LogP contribution in [0.4, 0.5) is 14.5 Å². The Morgan fingerprint density at radius 3 is 2.52 bits per heavy atom. The third kappa shape index (κ3) is 2.75. The molecule has 2 aromatic rings. The molecule has 0 N–H and O–H groups in total. The highest BCUT2D eigenvalue weighted by Crippen LogP contribution is 2.22. The molecular formula is C16H12F2N2O. The smallest absolute Gasteiger partial charge is 0.261 e. The molecule has 0 atom stereocenters. The summed E-state index contributed by atoms with van der Waals surface area (Å²) in [6.07, 6.45) is 0. The summed E-state index contributed by atoms with van der Waals surface area (Å²) in [6.45, 7) is 1.45. The van der Waals surface area contributed by atoms with Crippen LogP contribution < -0.4 is 4.90 Å². The number of benzene rings is 2. The standard InChI is InChI=1S/C16H12F2N2O/c1-10-7-12(14(18)8-13(10)17)16(21)20(2)15-6-4-3-5-11(15)9-19/h3-8H,1-2H3. The Morgan fingerprint density at radius 1 is 1.19 bits per heavy atom. The predicted molar refractivity (Wildman–Crippen MR) is 75.0 cm³/mol. The van der Waals surface area contributed by atoms with Gasteiger partial charge in [-0.25, -0.2) is 8.78 Å². The lowest BCUT2D eigenvalue weighted by molar-refractivity contribution is 0.0989.